The topological polar surface area (TPSA) is 39.1 Å². The molecule has 0 radical (unpaired) electrons. The second-order valence-electron chi connectivity index (χ2n) is 4.20. The molecule has 17 heavy (non-hydrogen) atoms. The maximum atomic E-state index is 5.16. The number of nitrogens with one attached hydrogen (secondary N) is 1. The Hall–Kier alpha value is -1.97. The number of imidazole rings is 1. The minimum Gasteiger partial charge on any atom is -0.497 e. The Labute approximate surface area is 100 Å². The number of benzene rings is 1. The highest BCUT2D eigenvalue weighted by atomic mass is 16.5. The summed E-state index contributed by atoms with van der Waals surface area (Å²) in [5.74, 6) is 1.85. The summed E-state index contributed by atoms with van der Waals surface area (Å²) in [6, 6.07) is 8.55. The van der Waals surface area contributed by atoms with Crippen molar-refractivity contribution in [3.8, 4) is 5.75 Å². The normalized spacial score (nSPS) is 18.3. The Morgan fingerprint density at radius 2 is 2.18 bits per heavy atom. The Kier molecular flexibility index (Phi) is 2.48. The van der Waals surface area contributed by atoms with Crippen molar-refractivity contribution in [1.82, 2.24) is 9.55 Å². The van der Waals surface area contributed by atoms with Crippen LogP contribution in [-0.4, -0.2) is 16.7 Å². The molecule has 4 heteroatoms. The van der Waals surface area contributed by atoms with E-state index in [1.807, 2.05) is 24.5 Å². The zero-order valence-electron chi connectivity index (χ0n) is 9.76. The molecule has 1 atom stereocenters. The van der Waals surface area contributed by atoms with Gasteiger partial charge in [0.25, 0.3) is 0 Å². The summed E-state index contributed by atoms with van der Waals surface area (Å²) < 4.78 is 7.30. The molecule has 3 rings (SSSR count). The van der Waals surface area contributed by atoms with Crippen molar-refractivity contribution in [2.24, 2.45) is 0 Å². The van der Waals surface area contributed by atoms with Crippen LogP contribution < -0.4 is 10.1 Å². The van der Waals surface area contributed by atoms with Crippen LogP contribution in [0.5, 0.6) is 5.75 Å². The molecule has 88 valence electrons. The third-order valence-corrected chi connectivity index (χ3v) is 3.20. The molecule has 1 N–H and O–H groups in total. The first-order valence-corrected chi connectivity index (χ1v) is 5.78. The molecule has 0 saturated heterocycles. The van der Waals surface area contributed by atoms with E-state index < -0.39 is 0 Å². The second kappa shape index (κ2) is 4.13. The molecule has 4 nitrogen and oxygen atoms in total. The average molecular weight is 229 g/mol. The van der Waals surface area contributed by atoms with E-state index in [-0.39, 0.29) is 0 Å². The molecule has 2 heterocycles. The first-order chi connectivity index (χ1) is 8.36. The van der Waals surface area contributed by atoms with Gasteiger partial charge in [-0.05, 0) is 24.1 Å². The standard InChI is InChI=1S/C13H15N3O/c1-17-11-4-2-10(3-5-11)12-6-8-16-9-7-14-13(16)15-12/h2-5,7,9,12H,6,8H2,1H3,(H,14,15). The summed E-state index contributed by atoms with van der Waals surface area (Å²) in [5.41, 5.74) is 1.28. The smallest absolute Gasteiger partial charge is 0.203 e. The fourth-order valence-corrected chi connectivity index (χ4v) is 2.21. The third-order valence-electron chi connectivity index (χ3n) is 3.20. The van der Waals surface area contributed by atoms with Crippen LogP contribution in [-0.2, 0) is 6.54 Å². The largest absolute Gasteiger partial charge is 0.497 e. The van der Waals surface area contributed by atoms with Gasteiger partial charge in [-0.25, -0.2) is 4.98 Å². The van der Waals surface area contributed by atoms with E-state index in [0.29, 0.717) is 6.04 Å². The van der Waals surface area contributed by atoms with E-state index in [1.54, 1.807) is 7.11 Å². The molecule has 0 bridgehead atoms. The summed E-state index contributed by atoms with van der Waals surface area (Å²) in [6.07, 6.45) is 4.92. The van der Waals surface area contributed by atoms with Crippen LogP contribution in [0.15, 0.2) is 36.7 Å². The van der Waals surface area contributed by atoms with Crippen molar-refractivity contribution in [2.75, 3.05) is 12.4 Å². The predicted octanol–water partition coefficient (Wildman–Crippen LogP) is 2.45. The van der Waals surface area contributed by atoms with Gasteiger partial charge in [-0.1, -0.05) is 12.1 Å². The predicted molar refractivity (Wildman–Crippen MR) is 66.2 cm³/mol. The Morgan fingerprint density at radius 3 is 2.94 bits per heavy atom. The number of nitrogens with zero attached hydrogens (tertiary/aromatic N) is 2. The van der Waals surface area contributed by atoms with Crippen LogP contribution in [0.25, 0.3) is 0 Å². The van der Waals surface area contributed by atoms with Gasteiger partial charge in [0, 0.05) is 18.9 Å². The van der Waals surface area contributed by atoms with E-state index >= 15 is 0 Å². The number of fused-ring (bicyclic) bond motifs is 1. The Morgan fingerprint density at radius 1 is 1.35 bits per heavy atom. The quantitative estimate of drug-likeness (QED) is 0.859. The molecule has 1 unspecified atom stereocenters. The third kappa shape index (κ3) is 1.86. The van der Waals surface area contributed by atoms with Crippen LogP contribution in [0.2, 0.25) is 0 Å². The van der Waals surface area contributed by atoms with E-state index in [4.69, 9.17) is 4.74 Å². The molecular weight excluding hydrogens is 214 g/mol. The molecule has 1 aromatic heterocycles. The molecule has 0 amide bonds. The van der Waals surface area contributed by atoms with Crippen molar-refractivity contribution in [1.29, 1.82) is 0 Å². The van der Waals surface area contributed by atoms with E-state index in [0.717, 1.165) is 24.7 Å². The minimum atomic E-state index is 0.343. The van der Waals surface area contributed by atoms with Crippen molar-refractivity contribution < 1.29 is 4.74 Å². The molecule has 1 aromatic carbocycles. The van der Waals surface area contributed by atoms with Crippen molar-refractivity contribution in [2.45, 2.75) is 19.0 Å². The molecule has 0 aliphatic carbocycles. The fraction of sp³-hybridized carbons (Fsp3) is 0.308. The van der Waals surface area contributed by atoms with Gasteiger partial charge in [0.1, 0.15) is 5.75 Å². The van der Waals surface area contributed by atoms with Gasteiger partial charge in [0.2, 0.25) is 5.95 Å². The maximum Gasteiger partial charge on any atom is 0.203 e. The van der Waals surface area contributed by atoms with Crippen LogP contribution >= 0.6 is 0 Å². The monoisotopic (exact) mass is 229 g/mol. The van der Waals surface area contributed by atoms with Crippen molar-refractivity contribution >= 4 is 5.95 Å². The highest BCUT2D eigenvalue weighted by molar-refractivity contribution is 5.37. The highest BCUT2D eigenvalue weighted by Crippen LogP contribution is 2.28. The van der Waals surface area contributed by atoms with Gasteiger partial charge < -0.3 is 14.6 Å². The summed E-state index contributed by atoms with van der Waals surface area (Å²) in [6.45, 7) is 1.01. The van der Waals surface area contributed by atoms with Gasteiger partial charge in [-0.15, -0.1) is 0 Å². The molecular formula is C13H15N3O. The van der Waals surface area contributed by atoms with Crippen LogP contribution in [0.3, 0.4) is 0 Å². The lowest BCUT2D eigenvalue weighted by atomic mass is 10.0. The van der Waals surface area contributed by atoms with Gasteiger partial charge >= 0.3 is 0 Å². The molecule has 1 aliphatic heterocycles. The first-order valence-electron chi connectivity index (χ1n) is 5.78. The molecule has 0 spiro atoms. The van der Waals surface area contributed by atoms with E-state index in [1.165, 1.54) is 5.56 Å². The van der Waals surface area contributed by atoms with Crippen LogP contribution in [0.1, 0.15) is 18.0 Å². The number of hydrogen-bond donors (Lipinski definition) is 1. The number of ether oxygens (including phenoxy) is 1. The number of hydrogen-bond acceptors (Lipinski definition) is 3. The highest BCUT2D eigenvalue weighted by Gasteiger charge is 2.19. The van der Waals surface area contributed by atoms with E-state index in [2.05, 4.69) is 27.0 Å². The van der Waals surface area contributed by atoms with E-state index in [9.17, 15) is 0 Å². The number of anilines is 1. The number of methoxy groups -OCH3 is 1. The van der Waals surface area contributed by atoms with Crippen LogP contribution in [0, 0.1) is 0 Å². The summed E-state index contributed by atoms with van der Waals surface area (Å²) in [7, 11) is 1.69. The minimum absolute atomic E-state index is 0.343. The Bertz CT molecular complexity index is 504. The zero-order chi connectivity index (χ0) is 11.7. The fourth-order valence-electron chi connectivity index (χ4n) is 2.21. The molecule has 1 aliphatic rings. The summed E-state index contributed by atoms with van der Waals surface area (Å²) in [4.78, 5) is 4.29. The maximum absolute atomic E-state index is 5.16. The van der Waals surface area contributed by atoms with Crippen molar-refractivity contribution in [3.05, 3.63) is 42.2 Å². The van der Waals surface area contributed by atoms with Crippen LogP contribution in [0.4, 0.5) is 5.95 Å². The van der Waals surface area contributed by atoms with Crippen molar-refractivity contribution in [3.63, 3.8) is 0 Å². The second-order valence-corrected chi connectivity index (χ2v) is 4.20. The zero-order valence-corrected chi connectivity index (χ0v) is 9.76. The first kappa shape index (κ1) is 10.2. The number of rotatable bonds is 2. The van der Waals surface area contributed by atoms with Gasteiger partial charge in [0.05, 0.1) is 13.2 Å². The summed E-state index contributed by atoms with van der Waals surface area (Å²) in [5, 5.41) is 3.44. The lowest BCUT2D eigenvalue weighted by Gasteiger charge is -2.25. The number of aryl methyl sites for hydroxylation is 1. The van der Waals surface area contributed by atoms with Gasteiger partial charge in [-0.2, -0.15) is 0 Å². The SMILES string of the molecule is COc1ccc(C2CCn3ccnc3N2)cc1. The molecule has 0 fully saturated rings. The number of aromatic nitrogens is 2. The lowest BCUT2D eigenvalue weighted by Crippen LogP contribution is -2.21. The van der Waals surface area contributed by atoms with Gasteiger partial charge in [0.15, 0.2) is 0 Å². The van der Waals surface area contributed by atoms with Gasteiger partial charge in [-0.3, -0.25) is 0 Å². The molecule has 2 aromatic rings. The average Bonchev–Trinajstić information content (AvgIpc) is 2.86. The summed E-state index contributed by atoms with van der Waals surface area (Å²) >= 11 is 0. The lowest BCUT2D eigenvalue weighted by molar-refractivity contribution is 0.414. The molecule has 0 saturated carbocycles. The Balaban J connectivity index is 1.81.